The van der Waals surface area contributed by atoms with Crippen LogP contribution in [-0.4, -0.2) is 57.2 Å². The first-order valence-corrected chi connectivity index (χ1v) is 15.7. The number of fused-ring (bicyclic) bond motifs is 1. The molecule has 4 rings (SSSR count). The highest BCUT2D eigenvalue weighted by Gasteiger charge is 2.45. The number of hydrogen-bond donors (Lipinski definition) is 1. The van der Waals surface area contributed by atoms with Crippen LogP contribution in [-0.2, 0) is 21.7 Å². The largest absolute Gasteiger partial charge is 0.351 e. The molecule has 8 nitrogen and oxygen atoms in total. The Bertz CT molecular complexity index is 1540. The van der Waals surface area contributed by atoms with Crippen LogP contribution < -0.4 is 14.6 Å². The number of carbonyl (C=O) groups excluding carboxylic acids is 2. The molecule has 1 aliphatic rings. The molecule has 0 bridgehead atoms. The SMILES string of the molecule is CCCNC(=O)c1c([N+]2(C(=O)CCS(=O)(=O)c3ccc4cc(Cl)ccc4c3)CCCCC2)s/c(=N\C)n1C. The van der Waals surface area contributed by atoms with E-state index >= 15 is 0 Å². The van der Waals surface area contributed by atoms with Crippen LogP contribution in [0.2, 0.25) is 5.02 Å². The van der Waals surface area contributed by atoms with E-state index in [4.69, 9.17) is 11.6 Å². The maximum atomic E-state index is 14.0. The summed E-state index contributed by atoms with van der Waals surface area (Å²) in [5, 5.41) is 5.78. The second-order valence-corrected chi connectivity index (χ2v) is 13.2. The van der Waals surface area contributed by atoms with Crippen molar-refractivity contribution in [1.29, 1.82) is 0 Å². The minimum atomic E-state index is -3.71. The molecule has 0 aliphatic carbocycles. The van der Waals surface area contributed by atoms with Crippen molar-refractivity contribution in [1.82, 2.24) is 14.4 Å². The van der Waals surface area contributed by atoms with Crippen LogP contribution in [0, 0.1) is 0 Å². The molecular weight excluding hydrogens is 544 g/mol. The maximum Gasteiger partial charge on any atom is 0.320 e. The molecule has 2 amide bonds. The summed E-state index contributed by atoms with van der Waals surface area (Å²) in [5.74, 6) is -0.727. The van der Waals surface area contributed by atoms with E-state index in [2.05, 4.69) is 10.3 Å². The fraction of sp³-hybridized carbons (Fsp3) is 0.444. The van der Waals surface area contributed by atoms with Gasteiger partial charge in [-0.2, -0.15) is 0 Å². The number of piperidine rings is 1. The van der Waals surface area contributed by atoms with Gasteiger partial charge < -0.3 is 9.88 Å². The van der Waals surface area contributed by atoms with E-state index in [0.29, 0.717) is 40.2 Å². The number of thiazole rings is 1. The van der Waals surface area contributed by atoms with Gasteiger partial charge in [-0.25, -0.2) is 17.7 Å². The van der Waals surface area contributed by atoms with Gasteiger partial charge in [0.2, 0.25) is 5.00 Å². The van der Waals surface area contributed by atoms with Gasteiger partial charge in [0.15, 0.2) is 20.3 Å². The molecule has 11 heteroatoms. The molecular formula is C27H34ClN4O4S2+. The van der Waals surface area contributed by atoms with Crippen molar-refractivity contribution in [2.75, 3.05) is 32.4 Å². The van der Waals surface area contributed by atoms with Crippen molar-refractivity contribution in [3.05, 3.63) is 51.9 Å². The van der Waals surface area contributed by atoms with Crippen LogP contribution in [0.4, 0.5) is 5.00 Å². The van der Waals surface area contributed by atoms with Gasteiger partial charge in [0, 0.05) is 25.7 Å². The van der Waals surface area contributed by atoms with Gasteiger partial charge in [-0.05, 0) is 72.1 Å². The smallest absolute Gasteiger partial charge is 0.320 e. The number of sulfone groups is 1. The Balaban J connectivity index is 1.67. The third-order valence-corrected chi connectivity index (χ3v) is 10.4. The summed E-state index contributed by atoms with van der Waals surface area (Å²) >= 11 is 7.40. The highest BCUT2D eigenvalue weighted by atomic mass is 35.5. The van der Waals surface area contributed by atoms with Crippen LogP contribution in [0.25, 0.3) is 10.8 Å². The molecule has 1 fully saturated rings. The maximum absolute atomic E-state index is 14.0. The van der Waals surface area contributed by atoms with Crippen molar-refractivity contribution in [3.8, 4) is 0 Å². The molecule has 1 saturated heterocycles. The standard InChI is InChI=1S/C27H33ClN4O4S2/c1-4-13-30-25(34)24-26(37-27(29-2)31(24)3)32(14-6-5-7-15-32)23(33)12-16-38(35,36)22-11-9-19-17-21(28)10-8-20(19)18-22/h8-11,17-18H,4-7,12-16H2,1-3H3/p+1/b29-27-. The summed E-state index contributed by atoms with van der Waals surface area (Å²) in [6.07, 6.45) is 3.28. The van der Waals surface area contributed by atoms with E-state index in [1.165, 1.54) is 11.3 Å². The second kappa shape index (κ2) is 11.7. The number of carbonyl (C=O) groups is 2. The number of nitrogens with one attached hydrogen (secondary N) is 1. The van der Waals surface area contributed by atoms with E-state index in [9.17, 15) is 18.0 Å². The highest BCUT2D eigenvalue weighted by molar-refractivity contribution is 7.91. The Morgan fingerprint density at radius 2 is 1.79 bits per heavy atom. The molecule has 0 saturated carbocycles. The van der Waals surface area contributed by atoms with Gasteiger partial charge in [0.1, 0.15) is 0 Å². The summed E-state index contributed by atoms with van der Waals surface area (Å²) in [6.45, 7) is 3.58. The fourth-order valence-corrected chi connectivity index (χ4v) is 7.78. The number of hydrogen-bond acceptors (Lipinski definition) is 6. The van der Waals surface area contributed by atoms with Crippen molar-refractivity contribution >= 4 is 60.4 Å². The molecule has 0 radical (unpaired) electrons. The quantitative estimate of drug-likeness (QED) is 0.400. The molecule has 1 N–H and O–H groups in total. The molecule has 3 aromatic rings. The molecule has 38 heavy (non-hydrogen) atoms. The second-order valence-electron chi connectivity index (χ2n) is 9.67. The Kier molecular flexibility index (Phi) is 8.76. The van der Waals surface area contributed by atoms with Crippen LogP contribution in [0.1, 0.15) is 49.5 Å². The third-order valence-electron chi connectivity index (χ3n) is 7.12. The predicted molar refractivity (Wildman–Crippen MR) is 153 cm³/mol. The van der Waals surface area contributed by atoms with Crippen LogP contribution in [0.5, 0.6) is 0 Å². The summed E-state index contributed by atoms with van der Waals surface area (Å²) in [4.78, 5) is 32.3. The zero-order chi connectivity index (χ0) is 27.5. The molecule has 204 valence electrons. The zero-order valence-electron chi connectivity index (χ0n) is 22.0. The molecule has 0 spiro atoms. The number of likely N-dealkylation sites (tertiary alicyclic amines) is 1. The van der Waals surface area contributed by atoms with E-state index in [1.807, 2.05) is 6.92 Å². The van der Waals surface area contributed by atoms with E-state index in [1.54, 1.807) is 55.1 Å². The first-order chi connectivity index (χ1) is 18.1. The number of nitrogens with zero attached hydrogens (tertiary/aromatic N) is 3. The Hall–Kier alpha value is -2.53. The van der Waals surface area contributed by atoms with Crippen molar-refractivity contribution in [3.63, 3.8) is 0 Å². The van der Waals surface area contributed by atoms with Gasteiger partial charge in [0.05, 0.1) is 30.2 Å². The number of rotatable bonds is 8. The first-order valence-electron chi connectivity index (χ1n) is 12.9. The monoisotopic (exact) mass is 577 g/mol. The summed E-state index contributed by atoms with van der Waals surface area (Å²) in [5.41, 5.74) is 0.426. The number of aromatic nitrogens is 1. The molecule has 2 aromatic carbocycles. The predicted octanol–water partition coefficient (Wildman–Crippen LogP) is 4.45. The summed E-state index contributed by atoms with van der Waals surface area (Å²) in [7, 11) is -0.268. The molecule has 2 heterocycles. The molecule has 1 aliphatic heterocycles. The van der Waals surface area contributed by atoms with E-state index in [-0.39, 0.29) is 33.4 Å². The van der Waals surface area contributed by atoms with Crippen molar-refractivity contribution in [2.45, 2.75) is 43.9 Å². The fourth-order valence-electron chi connectivity index (χ4n) is 5.06. The van der Waals surface area contributed by atoms with Crippen LogP contribution >= 0.6 is 22.9 Å². The van der Waals surface area contributed by atoms with E-state index in [0.717, 1.165) is 36.5 Å². The lowest BCUT2D eigenvalue weighted by molar-refractivity contribution is -0.130. The van der Waals surface area contributed by atoms with E-state index < -0.39 is 9.84 Å². The Morgan fingerprint density at radius 1 is 1.11 bits per heavy atom. The topological polar surface area (TPSA) is 97.6 Å². The van der Waals surface area contributed by atoms with Gasteiger partial charge in [-0.3, -0.25) is 9.79 Å². The Morgan fingerprint density at radius 3 is 2.47 bits per heavy atom. The van der Waals surface area contributed by atoms with Gasteiger partial charge >= 0.3 is 5.91 Å². The number of benzene rings is 2. The number of amides is 2. The average molecular weight is 578 g/mol. The minimum absolute atomic E-state index is 0.0192. The molecule has 1 aromatic heterocycles. The first kappa shape index (κ1) is 28.5. The number of halogens is 1. The lowest BCUT2D eigenvalue weighted by atomic mass is 10.1. The van der Waals surface area contributed by atoms with Crippen LogP contribution in [0.3, 0.4) is 0 Å². The number of quaternary nitrogens is 1. The summed E-state index contributed by atoms with van der Waals surface area (Å²) in [6, 6.07) is 10.2. The van der Waals surface area contributed by atoms with Gasteiger partial charge in [0.25, 0.3) is 5.91 Å². The van der Waals surface area contributed by atoms with Crippen molar-refractivity contribution in [2.24, 2.45) is 12.0 Å². The normalized spacial score (nSPS) is 16.1. The van der Waals surface area contributed by atoms with Crippen molar-refractivity contribution < 1.29 is 18.0 Å². The minimum Gasteiger partial charge on any atom is -0.351 e. The lowest BCUT2D eigenvalue weighted by Crippen LogP contribution is -2.58. The summed E-state index contributed by atoms with van der Waals surface area (Å²) < 4.78 is 28.3. The molecule has 0 unspecified atom stereocenters. The lowest BCUT2D eigenvalue weighted by Gasteiger charge is -2.37. The average Bonchev–Trinajstić information content (AvgIpc) is 3.27. The van der Waals surface area contributed by atoms with Gasteiger partial charge in [-0.15, -0.1) is 0 Å². The highest BCUT2D eigenvalue weighted by Crippen LogP contribution is 2.36. The van der Waals surface area contributed by atoms with Crippen LogP contribution in [0.15, 0.2) is 46.3 Å². The third kappa shape index (κ3) is 5.59. The Labute approximate surface area is 232 Å². The van der Waals surface area contributed by atoms with Gasteiger partial charge in [-0.1, -0.05) is 30.7 Å². The zero-order valence-corrected chi connectivity index (χ0v) is 24.4. The molecule has 0 atom stereocenters.